The van der Waals surface area contributed by atoms with Crippen LogP contribution in [0, 0.1) is 0 Å². The average Bonchev–Trinajstić information content (AvgIpc) is 3.27. The Labute approximate surface area is 177 Å². The first-order valence-electron chi connectivity index (χ1n) is 10.1. The molecule has 1 aromatic heterocycles. The Hall–Kier alpha value is -2.09. The van der Waals surface area contributed by atoms with Crippen molar-refractivity contribution in [1.29, 1.82) is 0 Å². The zero-order valence-corrected chi connectivity index (χ0v) is 17.5. The Bertz CT molecular complexity index is 1010. The fourth-order valence-electron chi connectivity index (χ4n) is 4.70. The van der Waals surface area contributed by atoms with Crippen molar-refractivity contribution in [3.8, 4) is 11.4 Å². The zero-order valence-electron chi connectivity index (χ0n) is 16.7. The highest BCUT2D eigenvalue weighted by molar-refractivity contribution is 7.89. The van der Waals surface area contributed by atoms with Crippen LogP contribution < -0.4 is 10.5 Å². The third-order valence-electron chi connectivity index (χ3n) is 6.14. The predicted octanol–water partition coefficient (Wildman–Crippen LogP) is 1.46. The molecule has 0 aliphatic carbocycles. The topological polar surface area (TPSA) is 130 Å². The molecule has 0 spiro atoms. The van der Waals surface area contributed by atoms with E-state index in [4.69, 9.17) is 5.14 Å². The number of benzene rings is 1. The van der Waals surface area contributed by atoms with E-state index in [1.165, 1.54) is 6.07 Å². The molecular formula is C18H24F3N7O2S. The van der Waals surface area contributed by atoms with Crippen LogP contribution in [0.3, 0.4) is 0 Å². The molecule has 2 saturated heterocycles. The summed E-state index contributed by atoms with van der Waals surface area (Å²) in [5.41, 5.74) is -1.10. The van der Waals surface area contributed by atoms with E-state index in [1.54, 1.807) is 0 Å². The van der Waals surface area contributed by atoms with Crippen LogP contribution in [0.2, 0.25) is 0 Å². The summed E-state index contributed by atoms with van der Waals surface area (Å²) < 4.78 is 65.5. The fraction of sp³-hybridized carbons (Fsp3) is 0.611. The van der Waals surface area contributed by atoms with Gasteiger partial charge in [-0.25, -0.2) is 13.6 Å². The van der Waals surface area contributed by atoms with Crippen molar-refractivity contribution in [3.63, 3.8) is 0 Å². The number of sulfonamides is 1. The Morgan fingerprint density at radius 2 is 1.77 bits per heavy atom. The number of likely N-dealkylation sites (tertiary alicyclic amines) is 1. The Morgan fingerprint density at radius 3 is 2.32 bits per heavy atom. The molecule has 0 bridgehead atoms. The van der Waals surface area contributed by atoms with Gasteiger partial charge in [0.1, 0.15) is 4.90 Å². The third kappa shape index (κ3) is 4.59. The molecule has 31 heavy (non-hydrogen) atoms. The number of primary sulfonamides is 1. The lowest BCUT2D eigenvalue weighted by Crippen LogP contribution is -2.46. The number of hydrogen-bond acceptors (Lipinski definition) is 7. The molecule has 170 valence electrons. The SMILES string of the molecule is NS(=O)(=O)c1c(C(F)(F)F)ccc(C2CCN(C3CCNCC3)CC2)c1-c1nn[nH]n1. The van der Waals surface area contributed by atoms with Gasteiger partial charge in [0.25, 0.3) is 0 Å². The second kappa shape index (κ2) is 8.45. The van der Waals surface area contributed by atoms with E-state index in [0.717, 1.165) is 45.1 Å². The molecule has 0 saturated carbocycles. The van der Waals surface area contributed by atoms with Gasteiger partial charge in [-0.05, 0) is 74.6 Å². The van der Waals surface area contributed by atoms with Gasteiger partial charge < -0.3 is 10.2 Å². The summed E-state index contributed by atoms with van der Waals surface area (Å²) in [6.45, 7) is 3.52. The number of aromatic amines is 1. The van der Waals surface area contributed by atoms with Gasteiger partial charge >= 0.3 is 6.18 Å². The van der Waals surface area contributed by atoms with E-state index in [1.807, 2.05) is 0 Å². The largest absolute Gasteiger partial charge is 0.417 e. The number of alkyl halides is 3. The summed E-state index contributed by atoms with van der Waals surface area (Å²) in [7, 11) is -4.72. The van der Waals surface area contributed by atoms with E-state index < -0.39 is 26.7 Å². The third-order valence-corrected chi connectivity index (χ3v) is 7.14. The Balaban J connectivity index is 1.73. The van der Waals surface area contributed by atoms with Crippen molar-refractivity contribution in [3.05, 3.63) is 23.3 Å². The predicted molar refractivity (Wildman–Crippen MR) is 105 cm³/mol. The maximum atomic E-state index is 13.6. The highest BCUT2D eigenvalue weighted by Crippen LogP contribution is 2.43. The molecule has 2 aliphatic heterocycles. The number of tetrazole rings is 1. The molecular weight excluding hydrogens is 435 g/mol. The van der Waals surface area contributed by atoms with Gasteiger partial charge in [-0.1, -0.05) is 6.07 Å². The minimum atomic E-state index is -4.91. The maximum Gasteiger partial charge on any atom is 0.417 e. The van der Waals surface area contributed by atoms with Gasteiger partial charge in [0.2, 0.25) is 15.8 Å². The van der Waals surface area contributed by atoms with Gasteiger partial charge in [0.15, 0.2) is 0 Å². The maximum absolute atomic E-state index is 13.6. The average molecular weight is 459 g/mol. The van der Waals surface area contributed by atoms with Crippen LogP contribution >= 0.6 is 0 Å². The lowest BCUT2D eigenvalue weighted by molar-refractivity contribution is -0.139. The smallest absolute Gasteiger partial charge is 0.317 e. The van der Waals surface area contributed by atoms with Crippen molar-refractivity contribution in [2.45, 2.75) is 48.7 Å². The minimum absolute atomic E-state index is 0.144. The lowest BCUT2D eigenvalue weighted by atomic mass is 9.84. The van der Waals surface area contributed by atoms with Gasteiger partial charge in [0, 0.05) is 11.6 Å². The molecule has 2 aromatic rings. The number of nitrogens with one attached hydrogen (secondary N) is 2. The van der Waals surface area contributed by atoms with E-state index in [0.29, 0.717) is 24.4 Å². The summed E-state index contributed by atoms with van der Waals surface area (Å²) in [6, 6.07) is 2.61. The molecule has 0 radical (unpaired) electrons. The van der Waals surface area contributed by atoms with Crippen molar-refractivity contribution in [1.82, 2.24) is 30.8 Å². The summed E-state index contributed by atoms with van der Waals surface area (Å²) >= 11 is 0. The summed E-state index contributed by atoms with van der Waals surface area (Å²) in [5, 5.41) is 21.7. The second-order valence-corrected chi connectivity index (χ2v) is 9.47. The fourth-order valence-corrected chi connectivity index (χ4v) is 5.69. The van der Waals surface area contributed by atoms with E-state index >= 15 is 0 Å². The molecule has 2 fully saturated rings. The number of nitrogens with zero attached hydrogens (tertiary/aromatic N) is 4. The summed E-state index contributed by atoms with van der Waals surface area (Å²) in [5.74, 6) is -0.361. The van der Waals surface area contributed by atoms with E-state index in [-0.39, 0.29) is 17.3 Å². The minimum Gasteiger partial charge on any atom is -0.317 e. The summed E-state index contributed by atoms with van der Waals surface area (Å²) in [4.78, 5) is 1.41. The quantitative estimate of drug-likeness (QED) is 0.631. The van der Waals surface area contributed by atoms with Crippen molar-refractivity contribution < 1.29 is 21.6 Å². The van der Waals surface area contributed by atoms with Gasteiger partial charge in [-0.2, -0.15) is 18.4 Å². The number of rotatable bonds is 4. The second-order valence-electron chi connectivity index (χ2n) is 7.98. The molecule has 1 aromatic carbocycles. The highest BCUT2D eigenvalue weighted by Gasteiger charge is 2.41. The van der Waals surface area contributed by atoms with Crippen molar-refractivity contribution >= 4 is 10.0 Å². The van der Waals surface area contributed by atoms with Crippen LogP contribution in [0.25, 0.3) is 11.4 Å². The molecule has 0 amide bonds. The molecule has 2 aliphatic rings. The van der Waals surface area contributed by atoms with Gasteiger partial charge in [-0.3, -0.25) is 0 Å². The van der Waals surface area contributed by atoms with Crippen LogP contribution in [-0.4, -0.2) is 66.2 Å². The number of H-pyrrole nitrogens is 1. The number of nitrogens with two attached hydrogens (primary N) is 1. The molecule has 0 atom stereocenters. The van der Waals surface area contributed by atoms with Gasteiger partial charge in [-0.15, -0.1) is 10.2 Å². The normalized spacial score (nSPS) is 20.3. The standard InChI is InChI=1S/C18H24F3N7O2S/c19-18(20,21)14-2-1-13(15(16(14)31(22,29)30)17-24-26-27-25-17)11-5-9-28(10-6-11)12-3-7-23-8-4-12/h1-2,11-12,23H,3-10H2,(H2,22,29,30)(H,24,25,26,27). The number of piperidine rings is 2. The lowest BCUT2D eigenvalue weighted by Gasteiger charge is -2.40. The zero-order chi connectivity index (χ0) is 22.2. The van der Waals surface area contributed by atoms with Gasteiger partial charge in [0.05, 0.1) is 5.56 Å². The molecule has 9 nitrogen and oxygen atoms in total. The number of aromatic nitrogens is 4. The summed E-state index contributed by atoms with van der Waals surface area (Å²) in [6.07, 6.45) is -1.41. The molecule has 4 N–H and O–H groups in total. The first-order valence-corrected chi connectivity index (χ1v) is 11.7. The van der Waals surface area contributed by atoms with E-state index in [9.17, 15) is 21.6 Å². The molecule has 13 heteroatoms. The Morgan fingerprint density at radius 1 is 1.10 bits per heavy atom. The van der Waals surface area contributed by atoms with Crippen LogP contribution in [0.1, 0.15) is 42.7 Å². The van der Waals surface area contributed by atoms with Crippen molar-refractivity contribution in [2.24, 2.45) is 5.14 Å². The first-order chi connectivity index (χ1) is 14.7. The highest BCUT2D eigenvalue weighted by atomic mass is 32.2. The molecule has 3 heterocycles. The Kier molecular flexibility index (Phi) is 6.03. The molecule has 4 rings (SSSR count). The monoisotopic (exact) mass is 459 g/mol. The first kappa shape index (κ1) is 22.1. The number of hydrogen-bond donors (Lipinski definition) is 3. The van der Waals surface area contributed by atoms with Crippen LogP contribution in [0.15, 0.2) is 17.0 Å². The van der Waals surface area contributed by atoms with E-state index in [2.05, 4.69) is 30.8 Å². The number of halogens is 3. The van der Waals surface area contributed by atoms with Crippen LogP contribution in [-0.2, 0) is 16.2 Å². The van der Waals surface area contributed by atoms with Crippen LogP contribution in [0.4, 0.5) is 13.2 Å². The molecule has 0 unspecified atom stereocenters. The van der Waals surface area contributed by atoms with Crippen molar-refractivity contribution in [2.75, 3.05) is 26.2 Å². The van der Waals surface area contributed by atoms with Crippen LogP contribution in [0.5, 0.6) is 0 Å².